The molecule has 7 nitrogen and oxygen atoms in total. The lowest BCUT2D eigenvalue weighted by molar-refractivity contribution is -0.142. The van der Waals surface area contributed by atoms with E-state index in [4.69, 9.17) is 9.84 Å². The molecule has 20 heavy (non-hydrogen) atoms. The number of rotatable bonds is 4. The number of nitrogens with zero attached hydrogens (tertiary/aromatic N) is 1. The SMILES string of the molecule is Cc1cccc(CNC(=O)NC2COCC2C(=O)O)n1. The minimum atomic E-state index is -0.965. The molecule has 0 spiro atoms. The van der Waals surface area contributed by atoms with E-state index in [0.29, 0.717) is 6.54 Å². The van der Waals surface area contributed by atoms with Crippen molar-refractivity contribution in [3.05, 3.63) is 29.6 Å². The summed E-state index contributed by atoms with van der Waals surface area (Å²) in [5, 5.41) is 14.2. The zero-order chi connectivity index (χ0) is 14.5. The van der Waals surface area contributed by atoms with Gasteiger partial charge in [-0.05, 0) is 19.1 Å². The van der Waals surface area contributed by atoms with Crippen molar-refractivity contribution in [2.75, 3.05) is 13.2 Å². The number of carboxylic acids is 1. The number of aryl methyl sites for hydroxylation is 1. The van der Waals surface area contributed by atoms with Gasteiger partial charge in [-0.2, -0.15) is 0 Å². The third-order valence-electron chi connectivity index (χ3n) is 3.09. The number of pyridine rings is 1. The molecule has 108 valence electrons. The van der Waals surface area contributed by atoms with Gasteiger partial charge in [-0.15, -0.1) is 0 Å². The maximum Gasteiger partial charge on any atom is 0.315 e. The van der Waals surface area contributed by atoms with Crippen molar-refractivity contribution >= 4 is 12.0 Å². The van der Waals surface area contributed by atoms with E-state index in [1.54, 1.807) is 0 Å². The first-order chi connectivity index (χ1) is 9.56. The van der Waals surface area contributed by atoms with E-state index in [0.717, 1.165) is 11.4 Å². The number of amides is 2. The average Bonchev–Trinajstić information content (AvgIpc) is 2.85. The summed E-state index contributed by atoms with van der Waals surface area (Å²) in [6.07, 6.45) is 0. The standard InChI is InChI=1S/C13H17N3O4/c1-8-3-2-4-9(15-8)5-14-13(19)16-11-7-20-6-10(11)12(17)18/h2-4,10-11H,5-7H2,1H3,(H,17,18)(H2,14,16,19). The maximum absolute atomic E-state index is 11.7. The fourth-order valence-electron chi connectivity index (χ4n) is 2.03. The third-order valence-corrected chi connectivity index (χ3v) is 3.09. The highest BCUT2D eigenvalue weighted by molar-refractivity contribution is 5.77. The second-order valence-electron chi connectivity index (χ2n) is 4.69. The summed E-state index contributed by atoms with van der Waals surface area (Å²) >= 11 is 0. The first kappa shape index (κ1) is 14.3. The van der Waals surface area contributed by atoms with Crippen LogP contribution in [0.25, 0.3) is 0 Å². The van der Waals surface area contributed by atoms with E-state index >= 15 is 0 Å². The number of urea groups is 1. The zero-order valence-electron chi connectivity index (χ0n) is 11.1. The van der Waals surface area contributed by atoms with Crippen molar-refractivity contribution < 1.29 is 19.4 Å². The normalized spacial score (nSPS) is 21.4. The van der Waals surface area contributed by atoms with Gasteiger partial charge in [0.25, 0.3) is 0 Å². The van der Waals surface area contributed by atoms with Gasteiger partial charge in [-0.25, -0.2) is 4.79 Å². The van der Waals surface area contributed by atoms with Crippen LogP contribution in [0.1, 0.15) is 11.4 Å². The molecule has 2 rings (SSSR count). The van der Waals surface area contributed by atoms with Crippen LogP contribution in [0.2, 0.25) is 0 Å². The average molecular weight is 279 g/mol. The van der Waals surface area contributed by atoms with Crippen LogP contribution in [-0.4, -0.2) is 41.3 Å². The van der Waals surface area contributed by atoms with E-state index in [2.05, 4.69) is 15.6 Å². The second kappa shape index (κ2) is 6.33. The highest BCUT2D eigenvalue weighted by atomic mass is 16.5. The lowest BCUT2D eigenvalue weighted by Gasteiger charge is -2.16. The minimum Gasteiger partial charge on any atom is -0.481 e. The van der Waals surface area contributed by atoms with Crippen molar-refractivity contribution in [1.82, 2.24) is 15.6 Å². The molecule has 1 aromatic heterocycles. The Kier molecular flexibility index (Phi) is 4.52. The number of hydrogen-bond donors (Lipinski definition) is 3. The number of carbonyl (C=O) groups is 2. The van der Waals surface area contributed by atoms with E-state index in [9.17, 15) is 9.59 Å². The molecular formula is C13H17N3O4. The number of carbonyl (C=O) groups excluding carboxylic acids is 1. The lowest BCUT2D eigenvalue weighted by Crippen LogP contribution is -2.47. The van der Waals surface area contributed by atoms with Gasteiger partial charge in [0.05, 0.1) is 31.5 Å². The van der Waals surface area contributed by atoms with Gasteiger partial charge in [-0.1, -0.05) is 6.07 Å². The van der Waals surface area contributed by atoms with Gasteiger partial charge in [0, 0.05) is 5.69 Å². The Morgan fingerprint density at radius 2 is 2.25 bits per heavy atom. The summed E-state index contributed by atoms with van der Waals surface area (Å²) < 4.78 is 5.07. The lowest BCUT2D eigenvalue weighted by atomic mass is 10.0. The van der Waals surface area contributed by atoms with Crippen LogP contribution >= 0.6 is 0 Å². The molecule has 0 aromatic carbocycles. The van der Waals surface area contributed by atoms with Gasteiger partial charge in [0.2, 0.25) is 0 Å². The fourth-order valence-corrected chi connectivity index (χ4v) is 2.03. The third kappa shape index (κ3) is 3.67. The molecule has 2 amide bonds. The zero-order valence-corrected chi connectivity index (χ0v) is 11.1. The Hall–Kier alpha value is -2.15. The van der Waals surface area contributed by atoms with Crippen LogP contribution < -0.4 is 10.6 Å². The number of carboxylic acid groups (broad SMARTS) is 1. The number of ether oxygens (including phenoxy) is 1. The number of aliphatic carboxylic acids is 1. The largest absolute Gasteiger partial charge is 0.481 e. The molecule has 0 radical (unpaired) electrons. The van der Waals surface area contributed by atoms with Gasteiger partial charge in [0.1, 0.15) is 5.92 Å². The van der Waals surface area contributed by atoms with Crippen molar-refractivity contribution in [2.24, 2.45) is 5.92 Å². The molecule has 2 atom stereocenters. The smallest absolute Gasteiger partial charge is 0.315 e. The van der Waals surface area contributed by atoms with Crippen molar-refractivity contribution in [3.8, 4) is 0 Å². The Labute approximate surface area is 116 Å². The van der Waals surface area contributed by atoms with E-state index in [1.807, 2.05) is 25.1 Å². The van der Waals surface area contributed by atoms with Gasteiger partial charge >= 0.3 is 12.0 Å². The van der Waals surface area contributed by atoms with Crippen LogP contribution in [0.5, 0.6) is 0 Å². The Morgan fingerprint density at radius 1 is 1.45 bits per heavy atom. The molecule has 2 heterocycles. The van der Waals surface area contributed by atoms with Gasteiger partial charge in [0.15, 0.2) is 0 Å². The molecule has 1 fully saturated rings. The van der Waals surface area contributed by atoms with Gasteiger partial charge < -0.3 is 20.5 Å². The Bertz CT molecular complexity index is 506. The first-order valence-electron chi connectivity index (χ1n) is 6.33. The monoisotopic (exact) mass is 279 g/mol. The molecule has 2 unspecified atom stereocenters. The summed E-state index contributed by atoms with van der Waals surface area (Å²) in [6, 6.07) is 4.62. The topological polar surface area (TPSA) is 101 Å². The molecule has 1 aliphatic heterocycles. The fraction of sp³-hybridized carbons (Fsp3) is 0.462. The molecule has 1 aliphatic rings. The second-order valence-corrected chi connectivity index (χ2v) is 4.69. The molecule has 0 bridgehead atoms. The predicted octanol–water partition coefficient (Wildman–Crippen LogP) is 0.289. The van der Waals surface area contributed by atoms with Crippen LogP contribution in [0.4, 0.5) is 4.79 Å². The molecule has 0 aliphatic carbocycles. The molecule has 7 heteroatoms. The van der Waals surface area contributed by atoms with E-state index in [1.165, 1.54) is 0 Å². The highest BCUT2D eigenvalue weighted by Crippen LogP contribution is 2.13. The molecule has 1 saturated heterocycles. The van der Waals surface area contributed by atoms with Crippen LogP contribution in [0.3, 0.4) is 0 Å². The summed E-state index contributed by atoms with van der Waals surface area (Å²) in [4.78, 5) is 26.9. The number of nitrogens with one attached hydrogen (secondary N) is 2. The van der Waals surface area contributed by atoms with Crippen molar-refractivity contribution in [1.29, 1.82) is 0 Å². The van der Waals surface area contributed by atoms with Crippen molar-refractivity contribution in [2.45, 2.75) is 19.5 Å². The Balaban J connectivity index is 1.82. The number of aromatic nitrogens is 1. The molecule has 3 N–H and O–H groups in total. The quantitative estimate of drug-likeness (QED) is 0.735. The first-order valence-corrected chi connectivity index (χ1v) is 6.33. The van der Waals surface area contributed by atoms with Gasteiger partial charge in [-0.3, -0.25) is 9.78 Å². The summed E-state index contributed by atoms with van der Waals surface area (Å²) in [5.41, 5.74) is 1.62. The van der Waals surface area contributed by atoms with Crippen LogP contribution in [0, 0.1) is 12.8 Å². The summed E-state index contributed by atoms with van der Waals surface area (Å²) in [6.45, 7) is 2.50. The minimum absolute atomic E-state index is 0.125. The van der Waals surface area contributed by atoms with Crippen LogP contribution in [-0.2, 0) is 16.1 Å². The predicted molar refractivity (Wildman–Crippen MR) is 70.1 cm³/mol. The van der Waals surface area contributed by atoms with Crippen molar-refractivity contribution in [3.63, 3.8) is 0 Å². The molecule has 1 aromatic rings. The summed E-state index contributed by atoms with van der Waals surface area (Å²) in [5.74, 6) is -1.66. The number of hydrogen-bond acceptors (Lipinski definition) is 4. The van der Waals surface area contributed by atoms with E-state index < -0.39 is 24.0 Å². The van der Waals surface area contributed by atoms with E-state index in [-0.39, 0.29) is 13.2 Å². The molecule has 0 saturated carbocycles. The highest BCUT2D eigenvalue weighted by Gasteiger charge is 2.34. The van der Waals surface area contributed by atoms with Crippen LogP contribution in [0.15, 0.2) is 18.2 Å². The summed E-state index contributed by atoms with van der Waals surface area (Å²) in [7, 11) is 0. The molecular weight excluding hydrogens is 262 g/mol. The Morgan fingerprint density at radius 3 is 2.95 bits per heavy atom. The maximum atomic E-state index is 11.7.